The number of carboxylic acids is 1. The Morgan fingerprint density at radius 2 is 2.05 bits per heavy atom. The Bertz CT molecular complexity index is 504. The summed E-state index contributed by atoms with van der Waals surface area (Å²) >= 11 is 0. The summed E-state index contributed by atoms with van der Waals surface area (Å²) in [6.45, 7) is 0.567. The van der Waals surface area contributed by atoms with Crippen LogP contribution in [0.1, 0.15) is 42.5 Å². The number of piperidine rings is 1. The molecule has 0 spiro atoms. The molecule has 1 atom stereocenters. The highest BCUT2D eigenvalue weighted by molar-refractivity contribution is 5.94. The van der Waals surface area contributed by atoms with E-state index in [1.165, 1.54) is 12.1 Å². The molecule has 1 aliphatic heterocycles. The van der Waals surface area contributed by atoms with Gasteiger partial charge < -0.3 is 10.0 Å². The fourth-order valence-electron chi connectivity index (χ4n) is 2.65. The largest absolute Gasteiger partial charge is 0.481 e. The van der Waals surface area contributed by atoms with Gasteiger partial charge >= 0.3 is 5.97 Å². The van der Waals surface area contributed by atoms with Gasteiger partial charge in [0, 0.05) is 19.0 Å². The van der Waals surface area contributed by atoms with Gasteiger partial charge in [-0.05, 0) is 37.8 Å². The Kier molecular flexibility index (Phi) is 4.71. The van der Waals surface area contributed by atoms with Gasteiger partial charge in [-0.15, -0.1) is 0 Å². The molecule has 1 aliphatic rings. The monoisotopic (exact) mass is 279 g/mol. The number of carbonyl (C=O) groups excluding carboxylic acids is 1. The highest BCUT2D eigenvalue weighted by atomic mass is 19.1. The van der Waals surface area contributed by atoms with Crippen LogP contribution < -0.4 is 0 Å². The summed E-state index contributed by atoms with van der Waals surface area (Å²) < 4.78 is 13.7. The van der Waals surface area contributed by atoms with Crippen LogP contribution in [0.4, 0.5) is 4.39 Å². The van der Waals surface area contributed by atoms with Crippen LogP contribution >= 0.6 is 0 Å². The molecule has 0 bridgehead atoms. The Hall–Kier alpha value is -1.91. The molecule has 1 fully saturated rings. The van der Waals surface area contributed by atoms with Gasteiger partial charge in [0.25, 0.3) is 5.91 Å². The number of halogens is 1. The van der Waals surface area contributed by atoms with E-state index in [0.29, 0.717) is 13.0 Å². The molecule has 108 valence electrons. The summed E-state index contributed by atoms with van der Waals surface area (Å²) in [6, 6.07) is 5.81. The zero-order valence-corrected chi connectivity index (χ0v) is 11.2. The molecule has 1 unspecified atom stereocenters. The molecule has 1 aromatic carbocycles. The minimum Gasteiger partial charge on any atom is -0.481 e. The number of rotatable bonds is 4. The molecule has 20 heavy (non-hydrogen) atoms. The standard InChI is InChI=1S/C15H18FNO3/c16-13-7-2-1-6-12(13)15(20)17-10-4-3-5-11(17)8-9-14(18)19/h1-2,6-7,11H,3-5,8-10H2,(H,18,19). The van der Waals surface area contributed by atoms with Crippen molar-refractivity contribution in [3.63, 3.8) is 0 Å². The number of aliphatic carboxylic acids is 1. The minimum absolute atomic E-state index is 0.0335. The van der Waals surface area contributed by atoms with E-state index in [-0.39, 0.29) is 23.9 Å². The first-order chi connectivity index (χ1) is 9.59. The smallest absolute Gasteiger partial charge is 0.303 e. The molecule has 0 saturated carbocycles. The van der Waals surface area contributed by atoms with Crippen molar-refractivity contribution in [3.05, 3.63) is 35.6 Å². The molecular weight excluding hydrogens is 261 g/mol. The van der Waals surface area contributed by atoms with Crippen molar-refractivity contribution in [1.82, 2.24) is 4.90 Å². The number of carboxylic acid groups (broad SMARTS) is 1. The summed E-state index contributed by atoms with van der Waals surface area (Å²) in [6.07, 6.45) is 3.10. The van der Waals surface area contributed by atoms with Crippen LogP contribution in [0, 0.1) is 5.82 Å². The molecule has 1 N–H and O–H groups in total. The normalized spacial score (nSPS) is 18.9. The van der Waals surface area contributed by atoms with E-state index >= 15 is 0 Å². The molecule has 4 nitrogen and oxygen atoms in total. The highest BCUT2D eigenvalue weighted by Crippen LogP contribution is 2.23. The van der Waals surface area contributed by atoms with E-state index in [1.807, 2.05) is 0 Å². The van der Waals surface area contributed by atoms with Crippen LogP contribution in [0.2, 0.25) is 0 Å². The lowest BCUT2D eigenvalue weighted by atomic mass is 9.97. The minimum atomic E-state index is -0.867. The van der Waals surface area contributed by atoms with Crippen LogP contribution in [-0.2, 0) is 4.79 Å². The SMILES string of the molecule is O=C(O)CCC1CCCCN1C(=O)c1ccccc1F. The fraction of sp³-hybridized carbons (Fsp3) is 0.467. The first-order valence-electron chi connectivity index (χ1n) is 6.87. The molecule has 2 rings (SSSR count). The molecule has 0 aromatic heterocycles. The van der Waals surface area contributed by atoms with Gasteiger partial charge in [-0.25, -0.2) is 4.39 Å². The zero-order valence-electron chi connectivity index (χ0n) is 11.2. The van der Waals surface area contributed by atoms with Crippen LogP contribution in [0.15, 0.2) is 24.3 Å². The van der Waals surface area contributed by atoms with Crippen molar-refractivity contribution in [2.24, 2.45) is 0 Å². The maximum atomic E-state index is 13.7. The third kappa shape index (κ3) is 3.35. The molecule has 1 aromatic rings. The second-order valence-corrected chi connectivity index (χ2v) is 5.06. The molecule has 1 amide bonds. The number of hydrogen-bond acceptors (Lipinski definition) is 2. The van der Waals surface area contributed by atoms with E-state index in [4.69, 9.17) is 5.11 Å². The van der Waals surface area contributed by atoms with Crippen molar-refractivity contribution in [2.45, 2.75) is 38.1 Å². The van der Waals surface area contributed by atoms with Gasteiger partial charge in [-0.2, -0.15) is 0 Å². The Morgan fingerprint density at radius 1 is 1.30 bits per heavy atom. The number of hydrogen-bond donors (Lipinski definition) is 1. The van der Waals surface area contributed by atoms with Crippen molar-refractivity contribution in [3.8, 4) is 0 Å². The van der Waals surface area contributed by atoms with E-state index in [1.54, 1.807) is 17.0 Å². The van der Waals surface area contributed by atoms with E-state index in [2.05, 4.69) is 0 Å². The highest BCUT2D eigenvalue weighted by Gasteiger charge is 2.28. The lowest BCUT2D eigenvalue weighted by Crippen LogP contribution is -2.44. The van der Waals surface area contributed by atoms with Gasteiger partial charge in [0.1, 0.15) is 5.82 Å². The molecular formula is C15H18FNO3. The lowest BCUT2D eigenvalue weighted by molar-refractivity contribution is -0.137. The first kappa shape index (κ1) is 14.5. The predicted octanol–water partition coefficient (Wildman–Crippen LogP) is 2.69. The van der Waals surface area contributed by atoms with E-state index < -0.39 is 11.8 Å². The Balaban J connectivity index is 2.13. The third-order valence-electron chi connectivity index (χ3n) is 3.68. The third-order valence-corrected chi connectivity index (χ3v) is 3.68. The van der Waals surface area contributed by atoms with Crippen LogP contribution in [0.5, 0.6) is 0 Å². The maximum Gasteiger partial charge on any atom is 0.303 e. The fourth-order valence-corrected chi connectivity index (χ4v) is 2.65. The van der Waals surface area contributed by atoms with Gasteiger partial charge in [0.2, 0.25) is 0 Å². The van der Waals surface area contributed by atoms with Gasteiger partial charge in [-0.1, -0.05) is 12.1 Å². The van der Waals surface area contributed by atoms with E-state index in [0.717, 1.165) is 19.3 Å². The van der Waals surface area contributed by atoms with Crippen LogP contribution in [0.3, 0.4) is 0 Å². The van der Waals surface area contributed by atoms with Gasteiger partial charge in [0.15, 0.2) is 0 Å². The second kappa shape index (κ2) is 6.50. The topological polar surface area (TPSA) is 57.6 Å². The lowest BCUT2D eigenvalue weighted by Gasteiger charge is -2.35. The summed E-state index contributed by atoms with van der Waals surface area (Å²) in [7, 11) is 0. The number of nitrogens with zero attached hydrogens (tertiary/aromatic N) is 1. The summed E-state index contributed by atoms with van der Waals surface area (Å²) in [5.41, 5.74) is 0.0646. The van der Waals surface area contributed by atoms with E-state index in [9.17, 15) is 14.0 Å². The molecule has 5 heteroatoms. The maximum absolute atomic E-state index is 13.7. The van der Waals surface area contributed by atoms with Crippen molar-refractivity contribution >= 4 is 11.9 Å². The average molecular weight is 279 g/mol. The summed E-state index contributed by atoms with van der Waals surface area (Å²) in [5.74, 6) is -1.73. The molecule has 1 saturated heterocycles. The molecule has 0 aliphatic carbocycles. The Labute approximate surface area is 117 Å². The number of likely N-dealkylation sites (tertiary alicyclic amines) is 1. The second-order valence-electron chi connectivity index (χ2n) is 5.06. The zero-order chi connectivity index (χ0) is 14.5. The first-order valence-corrected chi connectivity index (χ1v) is 6.87. The summed E-state index contributed by atoms with van der Waals surface area (Å²) in [4.78, 5) is 24.7. The number of benzene rings is 1. The molecule has 0 radical (unpaired) electrons. The Morgan fingerprint density at radius 3 is 2.75 bits per heavy atom. The number of amides is 1. The van der Waals surface area contributed by atoms with Crippen molar-refractivity contribution in [2.75, 3.05) is 6.54 Å². The number of carbonyl (C=O) groups is 2. The van der Waals surface area contributed by atoms with Gasteiger partial charge in [0.05, 0.1) is 5.56 Å². The van der Waals surface area contributed by atoms with Crippen molar-refractivity contribution < 1.29 is 19.1 Å². The van der Waals surface area contributed by atoms with Gasteiger partial charge in [-0.3, -0.25) is 9.59 Å². The van der Waals surface area contributed by atoms with Crippen LogP contribution in [0.25, 0.3) is 0 Å². The predicted molar refractivity (Wildman–Crippen MR) is 71.9 cm³/mol. The quantitative estimate of drug-likeness (QED) is 0.922. The van der Waals surface area contributed by atoms with Crippen molar-refractivity contribution in [1.29, 1.82) is 0 Å². The average Bonchev–Trinajstić information content (AvgIpc) is 2.45. The molecule has 1 heterocycles. The van der Waals surface area contributed by atoms with Crippen LogP contribution in [-0.4, -0.2) is 34.5 Å². The summed E-state index contributed by atoms with van der Waals surface area (Å²) in [5, 5.41) is 8.77.